The minimum atomic E-state index is 1.00. The molecule has 0 amide bonds. The van der Waals surface area contributed by atoms with Crippen LogP contribution in [0.2, 0.25) is 0 Å². The molecule has 2 heterocycles. The molecule has 0 atom stereocenters. The van der Waals surface area contributed by atoms with Crippen LogP contribution in [0.5, 0.6) is 0 Å². The molecule has 3 rings (SSSR count). The highest BCUT2D eigenvalue weighted by Crippen LogP contribution is 2.18. The second-order valence-corrected chi connectivity index (χ2v) is 4.97. The minimum Gasteiger partial charge on any atom is -0.384 e. The minimum absolute atomic E-state index is 1.00. The summed E-state index contributed by atoms with van der Waals surface area (Å²) in [4.78, 5) is 6.57. The van der Waals surface area contributed by atoms with Crippen molar-refractivity contribution in [2.45, 2.75) is 13.0 Å². The Morgan fingerprint density at radius 1 is 1.05 bits per heavy atom. The van der Waals surface area contributed by atoms with Crippen LogP contribution in [0.25, 0.3) is 0 Å². The van der Waals surface area contributed by atoms with Crippen molar-refractivity contribution < 1.29 is 0 Å². The Hall–Kier alpha value is -1.87. The lowest BCUT2D eigenvalue weighted by molar-refractivity contribution is 0.277. The topological polar surface area (TPSA) is 28.2 Å². The fourth-order valence-electron chi connectivity index (χ4n) is 2.55. The van der Waals surface area contributed by atoms with E-state index in [0.717, 1.165) is 32.6 Å². The number of aromatic nitrogens is 1. The Balaban J connectivity index is 1.67. The normalized spacial score (nSPS) is 16.0. The van der Waals surface area contributed by atoms with Crippen LogP contribution in [0.4, 0.5) is 5.69 Å². The molecule has 1 aromatic carbocycles. The quantitative estimate of drug-likeness (QED) is 0.891. The molecule has 0 bridgehead atoms. The summed E-state index contributed by atoms with van der Waals surface area (Å²) in [5.41, 5.74) is 4.05. The van der Waals surface area contributed by atoms with Gasteiger partial charge in [0.25, 0.3) is 0 Å². The van der Waals surface area contributed by atoms with E-state index in [2.05, 4.69) is 51.6 Å². The zero-order valence-electron chi connectivity index (χ0n) is 11.0. The highest BCUT2D eigenvalue weighted by molar-refractivity contribution is 5.51. The number of nitrogens with zero attached hydrogens (tertiary/aromatic N) is 2. The van der Waals surface area contributed by atoms with E-state index >= 15 is 0 Å². The van der Waals surface area contributed by atoms with E-state index in [9.17, 15) is 0 Å². The highest BCUT2D eigenvalue weighted by Gasteiger charge is 2.11. The molecule has 2 aromatic rings. The number of hydrogen-bond donors (Lipinski definition) is 1. The fourth-order valence-corrected chi connectivity index (χ4v) is 2.55. The van der Waals surface area contributed by atoms with Gasteiger partial charge in [0, 0.05) is 44.3 Å². The van der Waals surface area contributed by atoms with Crippen LogP contribution in [0, 0.1) is 0 Å². The van der Waals surface area contributed by atoms with Crippen molar-refractivity contribution in [1.82, 2.24) is 9.88 Å². The third-order valence-electron chi connectivity index (χ3n) is 3.61. The van der Waals surface area contributed by atoms with E-state index in [4.69, 9.17) is 0 Å². The number of benzene rings is 1. The van der Waals surface area contributed by atoms with Crippen molar-refractivity contribution in [2.24, 2.45) is 0 Å². The molecule has 19 heavy (non-hydrogen) atoms. The number of para-hydroxylation sites is 1. The molecule has 0 saturated heterocycles. The van der Waals surface area contributed by atoms with Gasteiger partial charge in [0.15, 0.2) is 0 Å². The van der Waals surface area contributed by atoms with Crippen LogP contribution < -0.4 is 5.32 Å². The summed E-state index contributed by atoms with van der Waals surface area (Å²) in [7, 11) is 0. The van der Waals surface area contributed by atoms with Crippen LogP contribution in [-0.2, 0) is 13.0 Å². The summed E-state index contributed by atoms with van der Waals surface area (Å²) in [6, 6.07) is 12.8. The molecule has 3 heteroatoms. The predicted molar refractivity (Wildman–Crippen MR) is 78.1 cm³/mol. The molecule has 0 fully saturated rings. The van der Waals surface area contributed by atoms with Crippen LogP contribution >= 0.6 is 0 Å². The van der Waals surface area contributed by atoms with Crippen LogP contribution in [0.15, 0.2) is 48.8 Å². The van der Waals surface area contributed by atoms with Crippen molar-refractivity contribution in [3.8, 4) is 0 Å². The van der Waals surface area contributed by atoms with Crippen molar-refractivity contribution in [3.63, 3.8) is 0 Å². The lowest BCUT2D eigenvalue weighted by Crippen LogP contribution is -2.32. The Labute approximate surface area is 114 Å². The van der Waals surface area contributed by atoms with Gasteiger partial charge >= 0.3 is 0 Å². The summed E-state index contributed by atoms with van der Waals surface area (Å²) >= 11 is 0. The van der Waals surface area contributed by atoms with E-state index in [1.165, 1.54) is 16.8 Å². The fraction of sp³-hybridized carbons (Fsp3) is 0.312. The van der Waals surface area contributed by atoms with Crippen LogP contribution in [0.3, 0.4) is 0 Å². The molecule has 1 N–H and O–H groups in total. The zero-order chi connectivity index (χ0) is 12.9. The number of hydrogen-bond acceptors (Lipinski definition) is 3. The maximum absolute atomic E-state index is 4.07. The Kier molecular flexibility index (Phi) is 3.75. The first-order valence-electron chi connectivity index (χ1n) is 6.85. The third kappa shape index (κ3) is 3.12. The van der Waals surface area contributed by atoms with Crippen molar-refractivity contribution in [2.75, 3.05) is 25.0 Å². The Bertz CT molecular complexity index is 525. The van der Waals surface area contributed by atoms with E-state index in [0.29, 0.717) is 0 Å². The van der Waals surface area contributed by atoms with Crippen molar-refractivity contribution >= 4 is 5.69 Å². The van der Waals surface area contributed by atoms with Gasteiger partial charge in [-0.3, -0.25) is 9.88 Å². The SMILES string of the molecule is c1ccc2c(c1)CCN(Cc1ccncc1)CCN2. The maximum Gasteiger partial charge on any atom is 0.0373 e. The Morgan fingerprint density at radius 2 is 1.89 bits per heavy atom. The second kappa shape index (κ2) is 5.85. The number of rotatable bonds is 2. The first-order chi connectivity index (χ1) is 9.42. The molecule has 98 valence electrons. The number of anilines is 1. The summed E-state index contributed by atoms with van der Waals surface area (Å²) in [6.45, 7) is 4.20. The lowest BCUT2D eigenvalue weighted by atomic mass is 10.1. The molecule has 1 aliphatic rings. The summed E-state index contributed by atoms with van der Waals surface area (Å²) < 4.78 is 0. The van der Waals surface area contributed by atoms with Crippen LogP contribution in [0.1, 0.15) is 11.1 Å². The average Bonchev–Trinajstić information content (AvgIpc) is 2.44. The number of pyridine rings is 1. The first kappa shape index (κ1) is 12.2. The van der Waals surface area contributed by atoms with Gasteiger partial charge in [-0.05, 0) is 35.7 Å². The monoisotopic (exact) mass is 253 g/mol. The maximum atomic E-state index is 4.07. The summed E-state index contributed by atoms with van der Waals surface area (Å²) in [5.74, 6) is 0. The molecule has 0 spiro atoms. The average molecular weight is 253 g/mol. The lowest BCUT2D eigenvalue weighted by Gasteiger charge is -2.26. The zero-order valence-corrected chi connectivity index (χ0v) is 11.0. The smallest absolute Gasteiger partial charge is 0.0373 e. The molecule has 0 radical (unpaired) electrons. The van der Waals surface area contributed by atoms with Gasteiger partial charge in [-0.25, -0.2) is 0 Å². The number of nitrogens with one attached hydrogen (secondary N) is 1. The Morgan fingerprint density at radius 3 is 2.79 bits per heavy atom. The largest absolute Gasteiger partial charge is 0.384 e. The van der Waals surface area contributed by atoms with Crippen molar-refractivity contribution in [3.05, 3.63) is 59.9 Å². The van der Waals surface area contributed by atoms with Crippen molar-refractivity contribution in [1.29, 1.82) is 0 Å². The van der Waals surface area contributed by atoms with Gasteiger partial charge in [0.05, 0.1) is 0 Å². The molecule has 1 aromatic heterocycles. The number of fused-ring (bicyclic) bond motifs is 1. The third-order valence-corrected chi connectivity index (χ3v) is 3.61. The molecule has 0 saturated carbocycles. The van der Waals surface area contributed by atoms with Gasteiger partial charge in [-0.1, -0.05) is 18.2 Å². The van der Waals surface area contributed by atoms with E-state index in [1.807, 2.05) is 12.4 Å². The second-order valence-electron chi connectivity index (χ2n) is 4.97. The van der Waals surface area contributed by atoms with Gasteiger partial charge in [-0.15, -0.1) is 0 Å². The van der Waals surface area contributed by atoms with Gasteiger partial charge in [-0.2, -0.15) is 0 Å². The van der Waals surface area contributed by atoms with Gasteiger partial charge in [0.1, 0.15) is 0 Å². The van der Waals surface area contributed by atoms with Gasteiger partial charge < -0.3 is 5.32 Å². The molecule has 0 unspecified atom stereocenters. The van der Waals surface area contributed by atoms with E-state index in [1.54, 1.807) is 0 Å². The summed E-state index contributed by atoms with van der Waals surface area (Å²) in [5, 5.41) is 3.53. The summed E-state index contributed by atoms with van der Waals surface area (Å²) in [6.07, 6.45) is 4.84. The highest BCUT2D eigenvalue weighted by atomic mass is 15.1. The standard InChI is InChI=1S/C16H19N3/c1-2-4-16-15(3-1)7-11-19(12-10-18-16)13-14-5-8-17-9-6-14/h1-6,8-9,18H,7,10-13H2. The molecular formula is C16H19N3. The molecule has 1 aliphatic heterocycles. The molecule has 3 nitrogen and oxygen atoms in total. The molecule has 0 aliphatic carbocycles. The predicted octanol–water partition coefficient (Wildman–Crippen LogP) is 2.55. The van der Waals surface area contributed by atoms with Gasteiger partial charge in [0.2, 0.25) is 0 Å². The van der Waals surface area contributed by atoms with Crippen LogP contribution in [-0.4, -0.2) is 29.5 Å². The molecular weight excluding hydrogens is 234 g/mol. The van der Waals surface area contributed by atoms with E-state index in [-0.39, 0.29) is 0 Å². The first-order valence-corrected chi connectivity index (χ1v) is 6.85. The van der Waals surface area contributed by atoms with E-state index < -0.39 is 0 Å².